The summed E-state index contributed by atoms with van der Waals surface area (Å²) in [6, 6.07) is 7.74. The third-order valence-corrected chi connectivity index (χ3v) is 6.45. The maximum Gasteiger partial charge on any atom is 0.573 e. The van der Waals surface area contributed by atoms with E-state index < -0.39 is 34.3 Å². The van der Waals surface area contributed by atoms with Crippen LogP contribution in [0.1, 0.15) is 33.7 Å². The number of halogens is 7. The third kappa shape index (κ3) is 10.3. The van der Waals surface area contributed by atoms with Gasteiger partial charge in [0.1, 0.15) is 18.1 Å². The molecule has 0 aliphatic heterocycles. The number of aromatic nitrogens is 7. The van der Waals surface area contributed by atoms with Crippen LogP contribution in [0.25, 0.3) is 0 Å². The van der Waals surface area contributed by atoms with Gasteiger partial charge in [0.25, 0.3) is 5.91 Å². The van der Waals surface area contributed by atoms with E-state index in [0.29, 0.717) is 11.3 Å². The van der Waals surface area contributed by atoms with Gasteiger partial charge in [0.05, 0.1) is 31.2 Å². The van der Waals surface area contributed by atoms with E-state index in [4.69, 9.17) is 0 Å². The molecule has 2 atom stereocenters. The number of ether oxygens (including phenoxy) is 1. The number of nitrogens with zero attached hydrogens (tertiary/aromatic N) is 7. The second-order valence-corrected chi connectivity index (χ2v) is 10.7. The van der Waals surface area contributed by atoms with Crippen molar-refractivity contribution in [3.8, 4) is 5.75 Å². The molecule has 2 unspecified atom stereocenters. The molecule has 1 aromatic carbocycles. The zero-order valence-electron chi connectivity index (χ0n) is 22.4. The van der Waals surface area contributed by atoms with Crippen LogP contribution in [0.5, 0.6) is 5.75 Å². The van der Waals surface area contributed by atoms with E-state index >= 15 is 0 Å². The molecule has 0 aliphatic carbocycles. The molecule has 0 radical (unpaired) electrons. The van der Waals surface area contributed by atoms with Gasteiger partial charge in [-0.25, -0.2) is 9.07 Å². The minimum atomic E-state index is -4.84. The highest BCUT2D eigenvalue weighted by Gasteiger charge is 2.31. The Kier molecular flexibility index (Phi) is 10.6. The van der Waals surface area contributed by atoms with Crippen molar-refractivity contribution >= 4 is 34.3 Å². The van der Waals surface area contributed by atoms with Gasteiger partial charge in [-0.15, -0.1) is 23.4 Å². The Morgan fingerprint density at radius 3 is 2.55 bits per heavy atom. The number of hydrogen-bond donors (Lipinski definition) is 3. The molecule has 0 spiro atoms. The van der Waals surface area contributed by atoms with Gasteiger partial charge in [0, 0.05) is 53.7 Å². The van der Waals surface area contributed by atoms with Crippen molar-refractivity contribution in [1.82, 2.24) is 40.3 Å². The molecule has 0 fully saturated rings. The number of hydrogen-bond acceptors (Lipinski definition) is 9. The summed E-state index contributed by atoms with van der Waals surface area (Å²) in [6.45, 7) is -0.120. The highest BCUT2D eigenvalue weighted by molar-refractivity contribution is 14.1. The van der Waals surface area contributed by atoms with Crippen LogP contribution >= 0.6 is 22.6 Å². The van der Waals surface area contributed by atoms with Crippen LogP contribution in [-0.4, -0.2) is 64.7 Å². The Bertz CT molecular complexity index is 1530. The number of aryl methyl sites for hydroxylation is 1. The summed E-state index contributed by atoms with van der Waals surface area (Å²) in [7, 11) is 0. The van der Waals surface area contributed by atoms with E-state index in [2.05, 4.69) is 41.0 Å². The van der Waals surface area contributed by atoms with Crippen LogP contribution < -0.4 is 15.4 Å². The molecule has 0 aliphatic rings. The van der Waals surface area contributed by atoms with Crippen molar-refractivity contribution in [2.24, 2.45) is 0 Å². The number of aliphatic hydroxyl groups is 1. The minimum Gasteiger partial charge on any atom is -0.406 e. The standard InChI is InChI=1S/C25H24F6IN9O3/c26-17(6-7-40-13-20(36-38-40)23(43)34-11-18-5-4-16(10-33-18)24(27,28)32)12-41-14-21(37-39-41)35-22(42)9-15-2-1-3-19(8-15)44-25(29,30)31/h1-5,8,10,13-14,17,22,35,42H,6-7,9,11-12H2,(H,34,43). The van der Waals surface area contributed by atoms with Gasteiger partial charge in [-0.2, -0.15) is 8.78 Å². The third-order valence-electron chi connectivity index (χ3n) is 5.82. The first-order chi connectivity index (χ1) is 20.7. The summed E-state index contributed by atoms with van der Waals surface area (Å²) in [5, 5.41) is 30.6. The number of nitrogens with one attached hydrogen (secondary N) is 2. The maximum atomic E-state index is 14.6. The summed E-state index contributed by atoms with van der Waals surface area (Å²) < 4.78 is 81.8. The maximum absolute atomic E-state index is 14.6. The van der Waals surface area contributed by atoms with E-state index in [1.807, 2.05) is 0 Å². The molecule has 3 N–H and O–H groups in total. The van der Waals surface area contributed by atoms with E-state index in [1.54, 1.807) is 0 Å². The molecule has 236 valence electrons. The smallest absolute Gasteiger partial charge is 0.406 e. The predicted octanol–water partition coefficient (Wildman–Crippen LogP) is 3.98. The van der Waals surface area contributed by atoms with Crippen LogP contribution in [0, 0.1) is 0 Å². The lowest BCUT2D eigenvalue weighted by atomic mass is 10.1. The average Bonchev–Trinajstić information content (AvgIpc) is 3.59. The van der Waals surface area contributed by atoms with Gasteiger partial charge in [-0.3, -0.25) is 14.5 Å². The highest BCUT2D eigenvalue weighted by Crippen LogP contribution is 2.34. The predicted molar refractivity (Wildman–Crippen MR) is 149 cm³/mol. The molecule has 4 rings (SSSR count). The molecular formula is C25H24F6IN9O3. The number of aliphatic hydroxyl groups excluding tert-OH is 1. The minimum absolute atomic E-state index is 0.0102. The van der Waals surface area contributed by atoms with Crippen molar-refractivity contribution in [3.63, 3.8) is 0 Å². The average molecular weight is 739 g/mol. The second-order valence-electron chi connectivity index (χ2n) is 9.36. The van der Waals surface area contributed by atoms with Gasteiger partial charge in [0.2, 0.25) is 0 Å². The Morgan fingerprint density at radius 1 is 1.07 bits per heavy atom. The molecule has 0 saturated heterocycles. The highest BCUT2D eigenvalue weighted by atomic mass is 127. The zero-order chi connectivity index (χ0) is 31.9. The van der Waals surface area contributed by atoms with Crippen molar-refractivity contribution in [2.45, 2.75) is 55.2 Å². The summed E-state index contributed by atoms with van der Waals surface area (Å²) in [6.07, 6.45) is -3.83. The fraction of sp³-hybridized carbons (Fsp3) is 0.360. The molecule has 3 heterocycles. The Hall–Kier alpha value is -4.01. The molecule has 19 heteroatoms. The van der Waals surface area contributed by atoms with E-state index in [1.165, 1.54) is 46.0 Å². The fourth-order valence-electron chi connectivity index (χ4n) is 3.80. The van der Waals surface area contributed by atoms with Crippen molar-refractivity contribution in [1.29, 1.82) is 0 Å². The second kappa shape index (κ2) is 14.2. The molecule has 1 amide bonds. The monoisotopic (exact) mass is 739 g/mol. The number of carbonyl (C=O) groups excluding carboxylic acids is 1. The number of carbonyl (C=O) groups is 1. The van der Waals surface area contributed by atoms with Crippen LogP contribution in [0.15, 0.2) is 55.0 Å². The van der Waals surface area contributed by atoms with Crippen molar-refractivity contribution < 1.29 is 41.0 Å². The normalized spacial score (nSPS) is 13.4. The van der Waals surface area contributed by atoms with Gasteiger partial charge < -0.3 is 20.5 Å². The van der Waals surface area contributed by atoms with Crippen LogP contribution in [0.2, 0.25) is 0 Å². The molecule has 0 saturated carbocycles. The molecule has 4 aromatic rings. The first kappa shape index (κ1) is 32.9. The van der Waals surface area contributed by atoms with Gasteiger partial charge in [0.15, 0.2) is 11.5 Å². The first-order valence-corrected chi connectivity index (χ1v) is 13.9. The van der Waals surface area contributed by atoms with Gasteiger partial charge in [-0.05, 0) is 29.8 Å². The Labute approximate surface area is 258 Å². The van der Waals surface area contributed by atoms with Gasteiger partial charge >= 0.3 is 10.3 Å². The number of amides is 1. The first-order valence-electron chi connectivity index (χ1n) is 12.8. The zero-order valence-corrected chi connectivity index (χ0v) is 24.6. The number of alkyl halides is 7. The molecule has 44 heavy (non-hydrogen) atoms. The Balaban J connectivity index is 1.19. The fourth-order valence-corrected chi connectivity index (χ4v) is 4.12. The summed E-state index contributed by atoms with van der Waals surface area (Å²) in [5.41, 5.74) is 0.440. The quantitative estimate of drug-likeness (QED) is 0.0758. The molecular weight excluding hydrogens is 715 g/mol. The number of pyridine rings is 1. The summed E-state index contributed by atoms with van der Waals surface area (Å²) in [5.74, 6) is -0.879. The van der Waals surface area contributed by atoms with Crippen LogP contribution in [-0.2, 0) is 30.0 Å². The van der Waals surface area contributed by atoms with E-state index in [-0.39, 0.29) is 49.6 Å². The van der Waals surface area contributed by atoms with Gasteiger partial charge in [-0.1, -0.05) is 22.6 Å². The Morgan fingerprint density at radius 2 is 1.84 bits per heavy atom. The lowest BCUT2D eigenvalue weighted by Gasteiger charge is -2.13. The lowest BCUT2D eigenvalue weighted by molar-refractivity contribution is -0.274. The number of anilines is 1. The van der Waals surface area contributed by atoms with Crippen molar-refractivity contribution in [2.75, 3.05) is 5.32 Å². The SMILES string of the molecule is O=C(NCc1ccc(C(F)(F)I)cn1)c1cn(CCC(F)Cn2cc(NC(O)Cc3cccc(OC(F)(F)F)c3)nn2)nn1. The summed E-state index contributed by atoms with van der Waals surface area (Å²) in [4.78, 5) is 16.2. The van der Waals surface area contributed by atoms with E-state index in [9.17, 15) is 36.2 Å². The van der Waals surface area contributed by atoms with Crippen LogP contribution in [0.3, 0.4) is 0 Å². The molecule has 3 aromatic heterocycles. The topological polar surface area (TPSA) is 145 Å². The summed E-state index contributed by atoms with van der Waals surface area (Å²) >= 11 is 0.995. The van der Waals surface area contributed by atoms with Crippen molar-refractivity contribution in [3.05, 3.63) is 77.5 Å². The largest absolute Gasteiger partial charge is 0.573 e. The number of benzene rings is 1. The number of rotatable bonds is 14. The van der Waals surface area contributed by atoms with Crippen LogP contribution in [0.4, 0.5) is 32.2 Å². The van der Waals surface area contributed by atoms with E-state index in [0.717, 1.165) is 40.9 Å². The molecule has 12 nitrogen and oxygen atoms in total. The molecule has 0 bridgehead atoms. The lowest BCUT2D eigenvalue weighted by Crippen LogP contribution is -2.23.